The number of halogens is 1. The maximum absolute atomic E-state index is 13.0. The number of sulfonamides is 1. The number of nitrogens with zero attached hydrogens (tertiary/aromatic N) is 2. The molecular formula is C20H23FN2O3S. The summed E-state index contributed by atoms with van der Waals surface area (Å²) >= 11 is 0. The Bertz CT molecular complexity index is 888. The van der Waals surface area contributed by atoms with Crippen molar-refractivity contribution in [3.63, 3.8) is 0 Å². The van der Waals surface area contributed by atoms with Crippen molar-refractivity contribution in [1.82, 2.24) is 9.21 Å². The van der Waals surface area contributed by atoms with E-state index in [1.165, 1.54) is 28.6 Å². The number of carbonyl (C=O) groups is 1. The van der Waals surface area contributed by atoms with Gasteiger partial charge in [-0.2, -0.15) is 4.31 Å². The SMILES string of the molecule is Cc1ccc(CS(=O)(=O)N2CCN(CC(=O)c3ccc(F)cc3)CC2)cc1. The van der Waals surface area contributed by atoms with Gasteiger partial charge in [0.25, 0.3) is 0 Å². The van der Waals surface area contributed by atoms with Crippen LogP contribution in [0.2, 0.25) is 0 Å². The van der Waals surface area contributed by atoms with Gasteiger partial charge in [0.1, 0.15) is 5.82 Å². The summed E-state index contributed by atoms with van der Waals surface area (Å²) in [6.07, 6.45) is 0. The van der Waals surface area contributed by atoms with E-state index < -0.39 is 10.0 Å². The van der Waals surface area contributed by atoms with Crippen molar-refractivity contribution in [3.05, 3.63) is 71.0 Å². The number of aryl methyl sites for hydroxylation is 1. The van der Waals surface area contributed by atoms with Crippen LogP contribution in [0.15, 0.2) is 48.5 Å². The van der Waals surface area contributed by atoms with E-state index in [1.54, 1.807) is 0 Å². The number of carbonyl (C=O) groups excluding carboxylic acids is 1. The fourth-order valence-electron chi connectivity index (χ4n) is 3.08. The first-order chi connectivity index (χ1) is 12.8. The van der Waals surface area contributed by atoms with E-state index >= 15 is 0 Å². The van der Waals surface area contributed by atoms with Crippen LogP contribution in [0.1, 0.15) is 21.5 Å². The molecule has 0 radical (unpaired) electrons. The predicted octanol–water partition coefficient (Wildman–Crippen LogP) is 2.46. The van der Waals surface area contributed by atoms with Gasteiger partial charge >= 0.3 is 0 Å². The zero-order valence-corrected chi connectivity index (χ0v) is 16.1. The molecule has 5 nitrogen and oxygen atoms in total. The monoisotopic (exact) mass is 390 g/mol. The third-order valence-electron chi connectivity index (χ3n) is 4.73. The lowest BCUT2D eigenvalue weighted by Gasteiger charge is -2.33. The van der Waals surface area contributed by atoms with Crippen molar-refractivity contribution >= 4 is 15.8 Å². The molecule has 0 amide bonds. The fraction of sp³-hybridized carbons (Fsp3) is 0.350. The summed E-state index contributed by atoms with van der Waals surface area (Å²) in [4.78, 5) is 14.2. The lowest BCUT2D eigenvalue weighted by molar-refractivity contribution is 0.0901. The van der Waals surface area contributed by atoms with Gasteiger partial charge in [0.15, 0.2) is 5.78 Å². The van der Waals surface area contributed by atoms with E-state index in [-0.39, 0.29) is 23.9 Å². The van der Waals surface area contributed by atoms with Crippen LogP contribution < -0.4 is 0 Å². The van der Waals surface area contributed by atoms with Crippen molar-refractivity contribution in [3.8, 4) is 0 Å². The van der Waals surface area contributed by atoms with Gasteiger partial charge in [-0.05, 0) is 36.8 Å². The van der Waals surface area contributed by atoms with E-state index in [0.29, 0.717) is 31.7 Å². The van der Waals surface area contributed by atoms with Gasteiger partial charge in [0, 0.05) is 31.7 Å². The van der Waals surface area contributed by atoms with Crippen molar-refractivity contribution in [2.24, 2.45) is 0 Å². The summed E-state index contributed by atoms with van der Waals surface area (Å²) in [5.74, 6) is -0.480. The number of rotatable bonds is 6. The van der Waals surface area contributed by atoms with E-state index in [0.717, 1.165) is 11.1 Å². The van der Waals surface area contributed by atoms with Crippen LogP contribution in [0.5, 0.6) is 0 Å². The van der Waals surface area contributed by atoms with E-state index in [4.69, 9.17) is 0 Å². The average molecular weight is 390 g/mol. The van der Waals surface area contributed by atoms with Crippen LogP contribution in [-0.2, 0) is 15.8 Å². The van der Waals surface area contributed by atoms with Gasteiger partial charge in [0.05, 0.1) is 12.3 Å². The average Bonchev–Trinajstić information content (AvgIpc) is 2.64. The molecule has 144 valence electrons. The number of hydrogen-bond donors (Lipinski definition) is 0. The van der Waals surface area contributed by atoms with Crippen molar-refractivity contribution in [2.75, 3.05) is 32.7 Å². The third-order valence-corrected chi connectivity index (χ3v) is 6.58. The number of benzene rings is 2. The molecule has 0 aliphatic carbocycles. The molecule has 0 spiro atoms. The molecule has 0 unspecified atom stereocenters. The molecule has 0 atom stereocenters. The maximum Gasteiger partial charge on any atom is 0.218 e. The highest BCUT2D eigenvalue weighted by Gasteiger charge is 2.27. The molecule has 2 aromatic carbocycles. The smallest absolute Gasteiger partial charge is 0.218 e. The summed E-state index contributed by atoms with van der Waals surface area (Å²) in [5.41, 5.74) is 2.33. The van der Waals surface area contributed by atoms with Crippen molar-refractivity contribution in [1.29, 1.82) is 0 Å². The molecule has 3 rings (SSSR count). The summed E-state index contributed by atoms with van der Waals surface area (Å²) in [7, 11) is -3.38. The Balaban J connectivity index is 1.54. The molecule has 27 heavy (non-hydrogen) atoms. The third kappa shape index (κ3) is 5.22. The Morgan fingerprint density at radius 3 is 2.15 bits per heavy atom. The number of hydrogen-bond acceptors (Lipinski definition) is 4. The Hall–Kier alpha value is -2.09. The van der Waals surface area contributed by atoms with E-state index in [1.807, 2.05) is 36.1 Å². The molecule has 1 saturated heterocycles. The van der Waals surface area contributed by atoms with Gasteiger partial charge in [-0.1, -0.05) is 29.8 Å². The molecule has 0 aromatic heterocycles. The Kier molecular flexibility index (Phi) is 6.04. The van der Waals surface area contributed by atoms with Gasteiger partial charge < -0.3 is 0 Å². The molecule has 1 aliphatic heterocycles. The van der Waals surface area contributed by atoms with Gasteiger partial charge in [-0.15, -0.1) is 0 Å². The minimum atomic E-state index is -3.38. The maximum atomic E-state index is 13.0. The van der Waals surface area contributed by atoms with Crippen LogP contribution in [0, 0.1) is 12.7 Å². The first kappa shape index (κ1) is 19.7. The van der Waals surface area contributed by atoms with Crippen LogP contribution in [0.4, 0.5) is 4.39 Å². The minimum absolute atomic E-state index is 0.0121. The van der Waals surface area contributed by atoms with Crippen LogP contribution >= 0.6 is 0 Å². The van der Waals surface area contributed by atoms with Crippen LogP contribution in [-0.4, -0.2) is 56.1 Å². The highest BCUT2D eigenvalue weighted by Crippen LogP contribution is 2.15. The molecular weight excluding hydrogens is 367 g/mol. The van der Waals surface area contributed by atoms with Crippen molar-refractivity contribution < 1.29 is 17.6 Å². The quantitative estimate of drug-likeness (QED) is 0.711. The van der Waals surface area contributed by atoms with Crippen LogP contribution in [0.25, 0.3) is 0 Å². The normalized spacial score (nSPS) is 16.4. The van der Waals surface area contributed by atoms with Gasteiger partial charge in [-0.3, -0.25) is 9.69 Å². The molecule has 0 bridgehead atoms. The second-order valence-corrected chi connectivity index (χ2v) is 8.82. The van der Waals surface area contributed by atoms with Gasteiger partial charge in [0.2, 0.25) is 10.0 Å². The number of ketones is 1. The van der Waals surface area contributed by atoms with E-state index in [9.17, 15) is 17.6 Å². The highest BCUT2D eigenvalue weighted by atomic mass is 32.2. The Morgan fingerprint density at radius 2 is 1.56 bits per heavy atom. The lowest BCUT2D eigenvalue weighted by Crippen LogP contribution is -2.50. The highest BCUT2D eigenvalue weighted by molar-refractivity contribution is 7.88. The number of Topliss-reactive ketones (excluding diaryl/α,β-unsaturated/α-hetero) is 1. The molecule has 2 aromatic rings. The second kappa shape index (κ2) is 8.29. The van der Waals surface area contributed by atoms with E-state index in [2.05, 4.69) is 0 Å². The standard InChI is InChI=1S/C20H23FN2O3S/c1-16-2-4-17(5-3-16)15-27(25,26)23-12-10-22(11-13-23)14-20(24)18-6-8-19(21)9-7-18/h2-9H,10-15H2,1H3. The molecule has 1 heterocycles. The topological polar surface area (TPSA) is 57.7 Å². The van der Waals surface area contributed by atoms with Crippen molar-refractivity contribution in [2.45, 2.75) is 12.7 Å². The summed E-state index contributed by atoms with van der Waals surface area (Å²) in [5, 5.41) is 0. The zero-order valence-electron chi connectivity index (χ0n) is 15.3. The Labute approximate surface area is 159 Å². The zero-order chi connectivity index (χ0) is 19.4. The van der Waals surface area contributed by atoms with Crippen LogP contribution in [0.3, 0.4) is 0 Å². The number of piperazine rings is 1. The molecule has 0 N–H and O–H groups in total. The minimum Gasteiger partial charge on any atom is -0.293 e. The first-order valence-corrected chi connectivity index (χ1v) is 10.5. The summed E-state index contributed by atoms with van der Waals surface area (Å²) in [6, 6.07) is 13.0. The fourth-order valence-corrected chi connectivity index (χ4v) is 4.60. The molecule has 1 aliphatic rings. The predicted molar refractivity (Wildman–Crippen MR) is 103 cm³/mol. The lowest BCUT2D eigenvalue weighted by atomic mass is 10.1. The Morgan fingerprint density at radius 1 is 0.963 bits per heavy atom. The largest absolute Gasteiger partial charge is 0.293 e. The summed E-state index contributed by atoms with van der Waals surface area (Å²) < 4.78 is 39.7. The first-order valence-electron chi connectivity index (χ1n) is 8.88. The molecule has 7 heteroatoms. The van der Waals surface area contributed by atoms with Gasteiger partial charge in [-0.25, -0.2) is 12.8 Å². The molecule has 0 saturated carbocycles. The summed E-state index contributed by atoms with van der Waals surface area (Å²) in [6.45, 7) is 3.90. The molecule has 1 fully saturated rings. The second-order valence-electron chi connectivity index (χ2n) is 6.85.